The van der Waals surface area contributed by atoms with Crippen molar-refractivity contribution >= 4 is 38.5 Å². The van der Waals surface area contributed by atoms with E-state index in [0.29, 0.717) is 0 Å². The molecule has 0 unspecified atom stereocenters. The van der Waals surface area contributed by atoms with Gasteiger partial charge in [-0.15, -0.1) is 0 Å². The zero-order valence-electron chi connectivity index (χ0n) is 13.1. The monoisotopic (exact) mass is 501 g/mol. The zero-order chi connectivity index (χ0) is 17.2. The second-order valence-electron chi connectivity index (χ2n) is 5.56. The molecule has 2 heterocycles. The summed E-state index contributed by atoms with van der Waals surface area (Å²) in [5.74, 6) is 0.855. The Hall–Kier alpha value is -1.99. The fraction of sp³-hybridized carbons (Fsp3) is 0. The number of hydrogen-bond acceptors (Lipinski definition) is 2. The van der Waals surface area contributed by atoms with Crippen molar-refractivity contribution in [1.82, 2.24) is 15.0 Å². The molecule has 0 aliphatic rings. The molecular weight excluding hydrogens is 489 g/mol. The third-order valence-corrected chi connectivity index (χ3v) is 5.09. The number of imidazole rings is 1. The summed E-state index contributed by atoms with van der Waals surface area (Å²) in [6.45, 7) is 0. The number of rotatable bonds is 3. The molecule has 1 N–H and O–H groups in total. The van der Waals surface area contributed by atoms with Crippen molar-refractivity contribution < 1.29 is 0 Å². The van der Waals surface area contributed by atoms with Gasteiger partial charge in [0.2, 0.25) is 0 Å². The highest BCUT2D eigenvalue weighted by molar-refractivity contribution is 14.1. The number of halogens is 2. The minimum atomic E-state index is 0.855. The molecule has 2 aromatic carbocycles. The maximum absolute atomic E-state index is 4.90. The second kappa shape index (κ2) is 7.09. The fourth-order valence-electron chi connectivity index (χ4n) is 2.69. The number of benzene rings is 2. The van der Waals surface area contributed by atoms with Crippen LogP contribution in [0.15, 0.2) is 77.5 Å². The van der Waals surface area contributed by atoms with Crippen LogP contribution in [0.3, 0.4) is 0 Å². The molecule has 5 heteroatoms. The summed E-state index contributed by atoms with van der Waals surface area (Å²) in [6.07, 6.45) is 3.60. The Morgan fingerprint density at radius 2 is 1.60 bits per heavy atom. The summed E-state index contributed by atoms with van der Waals surface area (Å²) in [7, 11) is 0. The molecule has 4 aromatic rings. The van der Waals surface area contributed by atoms with Gasteiger partial charge in [0, 0.05) is 37.1 Å². The lowest BCUT2D eigenvalue weighted by molar-refractivity contribution is 1.30. The molecule has 25 heavy (non-hydrogen) atoms. The topological polar surface area (TPSA) is 41.6 Å². The molecule has 0 atom stereocenters. The minimum absolute atomic E-state index is 0.855. The lowest BCUT2D eigenvalue weighted by Crippen LogP contribution is -1.85. The fourth-order valence-corrected chi connectivity index (χ4v) is 3.50. The smallest absolute Gasteiger partial charge is 0.138 e. The molecule has 4 rings (SSSR count). The van der Waals surface area contributed by atoms with Crippen LogP contribution in [-0.2, 0) is 0 Å². The van der Waals surface area contributed by atoms with Crippen LogP contribution in [0.4, 0.5) is 0 Å². The van der Waals surface area contributed by atoms with Crippen molar-refractivity contribution in [2.45, 2.75) is 0 Å². The Bertz CT molecular complexity index is 1010. The van der Waals surface area contributed by atoms with E-state index in [9.17, 15) is 0 Å². The number of hydrogen-bond donors (Lipinski definition) is 1. The minimum Gasteiger partial charge on any atom is -0.337 e. The molecule has 0 aliphatic heterocycles. The molecule has 122 valence electrons. The third kappa shape index (κ3) is 3.52. The number of nitrogens with zero attached hydrogens (tertiary/aromatic N) is 2. The first kappa shape index (κ1) is 16.5. The number of nitrogens with one attached hydrogen (secondary N) is 1. The van der Waals surface area contributed by atoms with Crippen molar-refractivity contribution in [2.75, 3.05) is 0 Å². The third-order valence-electron chi connectivity index (χ3n) is 3.89. The summed E-state index contributed by atoms with van der Waals surface area (Å²) in [6, 6.07) is 20.5. The Morgan fingerprint density at radius 1 is 0.840 bits per heavy atom. The summed E-state index contributed by atoms with van der Waals surface area (Å²) < 4.78 is 2.24. The van der Waals surface area contributed by atoms with E-state index in [4.69, 9.17) is 4.98 Å². The van der Waals surface area contributed by atoms with Crippen LogP contribution in [0.25, 0.3) is 33.9 Å². The van der Waals surface area contributed by atoms with Gasteiger partial charge in [-0.2, -0.15) is 0 Å². The van der Waals surface area contributed by atoms with Crippen LogP contribution in [-0.4, -0.2) is 15.0 Å². The maximum Gasteiger partial charge on any atom is 0.138 e. The average Bonchev–Trinajstić information content (AvgIpc) is 3.08. The molecule has 3 nitrogen and oxygen atoms in total. The van der Waals surface area contributed by atoms with Gasteiger partial charge in [-0.25, -0.2) is 4.98 Å². The molecule has 0 aliphatic carbocycles. The van der Waals surface area contributed by atoms with E-state index in [1.54, 1.807) is 12.4 Å². The summed E-state index contributed by atoms with van der Waals surface area (Å²) in [5.41, 5.74) is 5.17. The number of aromatic nitrogens is 3. The van der Waals surface area contributed by atoms with E-state index < -0.39 is 0 Å². The Balaban J connectivity index is 1.90. The lowest BCUT2D eigenvalue weighted by Gasteiger charge is -2.03. The van der Waals surface area contributed by atoms with E-state index in [1.807, 2.05) is 24.3 Å². The number of aromatic amines is 1. The van der Waals surface area contributed by atoms with E-state index in [-0.39, 0.29) is 0 Å². The van der Waals surface area contributed by atoms with Crippen molar-refractivity contribution in [3.8, 4) is 33.9 Å². The second-order valence-corrected chi connectivity index (χ2v) is 7.72. The van der Waals surface area contributed by atoms with E-state index >= 15 is 0 Å². The van der Waals surface area contributed by atoms with E-state index in [0.717, 1.165) is 38.4 Å². The standard InChI is InChI=1S/C20H13BrIN3/c21-16-6-4-14(5-7-16)20-24-18(13-8-10-23-11-9-13)19(25-20)15-2-1-3-17(22)12-15/h1-12H,(H,24,25). The molecule has 0 saturated carbocycles. The van der Waals surface area contributed by atoms with E-state index in [1.165, 1.54) is 3.57 Å². The maximum atomic E-state index is 4.90. The van der Waals surface area contributed by atoms with Crippen LogP contribution < -0.4 is 0 Å². The molecular formula is C20H13BrIN3. The quantitative estimate of drug-likeness (QED) is 0.341. The molecule has 0 spiro atoms. The van der Waals surface area contributed by atoms with Crippen molar-refractivity contribution in [3.63, 3.8) is 0 Å². The van der Waals surface area contributed by atoms with Gasteiger partial charge in [-0.3, -0.25) is 4.98 Å². The van der Waals surface area contributed by atoms with Gasteiger partial charge >= 0.3 is 0 Å². The highest BCUT2D eigenvalue weighted by Gasteiger charge is 2.15. The Morgan fingerprint density at radius 3 is 2.32 bits per heavy atom. The van der Waals surface area contributed by atoms with Gasteiger partial charge in [0.05, 0.1) is 11.4 Å². The van der Waals surface area contributed by atoms with Gasteiger partial charge in [0.1, 0.15) is 5.82 Å². The van der Waals surface area contributed by atoms with Gasteiger partial charge < -0.3 is 4.98 Å². The van der Waals surface area contributed by atoms with Crippen LogP contribution >= 0.6 is 38.5 Å². The first-order chi connectivity index (χ1) is 12.2. The summed E-state index contributed by atoms with van der Waals surface area (Å²) in [4.78, 5) is 12.5. The van der Waals surface area contributed by atoms with Crippen LogP contribution in [0.1, 0.15) is 0 Å². The molecule has 0 saturated heterocycles. The van der Waals surface area contributed by atoms with Crippen LogP contribution in [0.2, 0.25) is 0 Å². The van der Waals surface area contributed by atoms with Crippen molar-refractivity contribution in [1.29, 1.82) is 0 Å². The van der Waals surface area contributed by atoms with Gasteiger partial charge in [-0.1, -0.05) is 40.2 Å². The predicted molar refractivity (Wildman–Crippen MR) is 113 cm³/mol. The molecule has 2 aromatic heterocycles. The predicted octanol–water partition coefficient (Wildman–Crippen LogP) is 6.17. The van der Waals surface area contributed by atoms with Gasteiger partial charge in [0.25, 0.3) is 0 Å². The molecule has 0 bridgehead atoms. The Kier molecular flexibility index (Phi) is 4.67. The van der Waals surface area contributed by atoms with Crippen molar-refractivity contribution in [2.24, 2.45) is 0 Å². The first-order valence-corrected chi connectivity index (χ1v) is 9.60. The summed E-state index contributed by atoms with van der Waals surface area (Å²) >= 11 is 5.81. The molecule has 0 fully saturated rings. The summed E-state index contributed by atoms with van der Waals surface area (Å²) in [5, 5.41) is 0. The Labute approximate surface area is 167 Å². The van der Waals surface area contributed by atoms with Gasteiger partial charge in [0.15, 0.2) is 0 Å². The zero-order valence-corrected chi connectivity index (χ0v) is 16.8. The number of pyridine rings is 1. The molecule has 0 radical (unpaired) electrons. The van der Waals surface area contributed by atoms with Crippen LogP contribution in [0, 0.1) is 3.57 Å². The highest BCUT2D eigenvalue weighted by Crippen LogP contribution is 2.33. The SMILES string of the molecule is Brc1ccc(-c2nc(-c3cccc(I)c3)c(-c3ccncc3)[nH]2)cc1. The highest BCUT2D eigenvalue weighted by atomic mass is 127. The normalized spacial score (nSPS) is 10.8. The largest absolute Gasteiger partial charge is 0.337 e. The average molecular weight is 502 g/mol. The lowest BCUT2D eigenvalue weighted by atomic mass is 10.1. The first-order valence-electron chi connectivity index (χ1n) is 7.73. The van der Waals surface area contributed by atoms with Gasteiger partial charge in [-0.05, 0) is 59.0 Å². The van der Waals surface area contributed by atoms with Crippen LogP contribution in [0.5, 0.6) is 0 Å². The van der Waals surface area contributed by atoms with Crippen molar-refractivity contribution in [3.05, 3.63) is 81.1 Å². The number of H-pyrrole nitrogens is 1. The molecule has 0 amide bonds. The van der Waals surface area contributed by atoms with E-state index in [2.05, 4.69) is 84.9 Å².